The fraction of sp³-hybridized carbons (Fsp3) is 0.294. The number of hydrogen-bond donors (Lipinski definition) is 2. The van der Waals surface area contributed by atoms with Gasteiger partial charge in [-0.1, -0.05) is 30.3 Å². The maximum Gasteiger partial charge on any atom is 0.315 e. The first kappa shape index (κ1) is 16.6. The Balaban J connectivity index is 2.19. The van der Waals surface area contributed by atoms with Crippen molar-refractivity contribution >= 4 is 11.9 Å². The molecule has 0 radical (unpaired) electrons. The number of aliphatic carboxylic acids is 1. The van der Waals surface area contributed by atoms with Crippen molar-refractivity contribution in [2.45, 2.75) is 26.2 Å². The van der Waals surface area contributed by atoms with Crippen molar-refractivity contribution in [2.24, 2.45) is 0 Å². The molecule has 0 saturated heterocycles. The molecule has 0 spiro atoms. The minimum absolute atomic E-state index is 0.0293. The summed E-state index contributed by atoms with van der Waals surface area (Å²) in [4.78, 5) is 32.2. The summed E-state index contributed by atoms with van der Waals surface area (Å²) >= 11 is 0. The third-order valence-corrected chi connectivity index (χ3v) is 3.83. The second-order valence-corrected chi connectivity index (χ2v) is 5.60. The molecule has 0 aliphatic rings. The summed E-state index contributed by atoms with van der Waals surface area (Å²) in [5, 5.41) is 12.3. The number of aromatic nitrogens is 2. The molecule has 0 saturated carbocycles. The van der Waals surface area contributed by atoms with E-state index < -0.39 is 11.4 Å². The Kier molecular flexibility index (Phi) is 4.74. The van der Waals surface area contributed by atoms with Crippen LogP contribution in [0.1, 0.15) is 34.4 Å². The Bertz CT molecular complexity index is 731. The summed E-state index contributed by atoms with van der Waals surface area (Å²) in [6, 6.07) is 8.84. The van der Waals surface area contributed by atoms with Crippen LogP contribution in [0.4, 0.5) is 0 Å². The number of rotatable bonds is 5. The molecule has 1 unspecified atom stereocenters. The smallest absolute Gasteiger partial charge is 0.315 e. The van der Waals surface area contributed by atoms with Gasteiger partial charge in [-0.2, -0.15) is 0 Å². The van der Waals surface area contributed by atoms with Crippen LogP contribution in [0, 0.1) is 13.8 Å². The zero-order chi connectivity index (χ0) is 17.0. The number of carboxylic acids is 1. The Morgan fingerprint density at radius 3 is 2.43 bits per heavy atom. The topological polar surface area (TPSA) is 92.2 Å². The van der Waals surface area contributed by atoms with Crippen LogP contribution in [0.25, 0.3) is 0 Å². The maximum atomic E-state index is 12.3. The molecule has 1 aromatic heterocycles. The molecule has 120 valence electrons. The van der Waals surface area contributed by atoms with E-state index in [9.17, 15) is 14.7 Å². The predicted molar refractivity (Wildman–Crippen MR) is 85.3 cm³/mol. The van der Waals surface area contributed by atoms with Crippen molar-refractivity contribution in [3.05, 3.63) is 59.2 Å². The van der Waals surface area contributed by atoms with Crippen LogP contribution < -0.4 is 5.32 Å². The van der Waals surface area contributed by atoms with Crippen molar-refractivity contribution in [1.82, 2.24) is 15.3 Å². The molecule has 2 N–H and O–H groups in total. The number of carboxylic acid groups (broad SMARTS) is 1. The van der Waals surface area contributed by atoms with Crippen LogP contribution in [0.5, 0.6) is 0 Å². The van der Waals surface area contributed by atoms with E-state index in [-0.39, 0.29) is 12.5 Å². The van der Waals surface area contributed by atoms with E-state index >= 15 is 0 Å². The van der Waals surface area contributed by atoms with Gasteiger partial charge in [0.05, 0.1) is 11.3 Å². The van der Waals surface area contributed by atoms with E-state index in [1.54, 1.807) is 45.0 Å². The quantitative estimate of drug-likeness (QED) is 0.879. The molecular weight excluding hydrogens is 294 g/mol. The average Bonchev–Trinajstić information content (AvgIpc) is 2.53. The number of benzene rings is 1. The third-order valence-electron chi connectivity index (χ3n) is 3.83. The highest BCUT2D eigenvalue weighted by atomic mass is 16.4. The number of hydrogen-bond acceptors (Lipinski definition) is 4. The molecule has 0 aliphatic heterocycles. The molecule has 0 aliphatic carbocycles. The third kappa shape index (κ3) is 3.53. The minimum atomic E-state index is -1.21. The minimum Gasteiger partial charge on any atom is -0.481 e. The van der Waals surface area contributed by atoms with Crippen molar-refractivity contribution in [3.63, 3.8) is 0 Å². The van der Waals surface area contributed by atoms with Crippen LogP contribution in [0.2, 0.25) is 0 Å². The molecule has 1 atom stereocenters. The highest BCUT2D eigenvalue weighted by molar-refractivity contribution is 5.95. The normalized spacial score (nSPS) is 13.2. The fourth-order valence-corrected chi connectivity index (χ4v) is 2.27. The van der Waals surface area contributed by atoms with Crippen LogP contribution in [-0.4, -0.2) is 33.5 Å². The van der Waals surface area contributed by atoms with Gasteiger partial charge < -0.3 is 10.4 Å². The van der Waals surface area contributed by atoms with Crippen LogP contribution in [-0.2, 0) is 10.2 Å². The molecule has 0 bridgehead atoms. The fourth-order valence-electron chi connectivity index (χ4n) is 2.27. The van der Waals surface area contributed by atoms with Gasteiger partial charge in [0, 0.05) is 12.7 Å². The Labute approximate surface area is 134 Å². The Morgan fingerprint density at radius 2 is 1.87 bits per heavy atom. The summed E-state index contributed by atoms with van der Waals surface area (Å²) in [7, 11) is 0. The summed E-state index contributed by atoms with van der Waals surface area (Å²) in [6.45, 7) is 5.02. The van der Waals surface area contributed by atoms with Gasteiger partial charge in [-0.3, -0.25) is 9.59 Å². The summed E-state index contributed by atoms with van der Waals surface area (Å²) in [6.07, 6.45) is 1.45. The molecule has 1 amide bonds. The summed E-state index contributed by atoms with van der Waals surface area (Å²) in [5.74, 6) is -0.800. The van der Waals surface area contributed by atoms with Crippen LogP contribution in [0.15, 0.2) is 36.5 Å². The molecular formula is C17H19N3O3. The van der Waals surface area contributed by atoms with Gasteiger partial charge in [0.25, 0.3) is 5.91 Å². The van der Waals surface area contributed by atoms with Gasteiger partial charge >= 0.3 is 5.97 Å². The number of carbonyl (C=O) groups excluding carboxylic acids is 1. The molecule has 23 heavy (non-hydrogen) atoms. The summed E-state index contributed by atoms with van der Waals surface area (Å²) in [5.41, 5.74) is 0.323. The largest absolute Gasteiger partial charge is 0.481 e. The first-order valence-electron chi connectivity index (χ1n) is 7.22. The van der Waals surface area contributed by atoms with Gasteiger partial charge in [0.2, 0.25) is 0 Å². The lowest BCUT2D eigenvalue weighted by Crippen LogP contribution is -2.44. The Morgan fingerprint density at radius 1 is 1.22 bits per heavy atom. The SMILES string of the molecule is Cc1ncc(C(=O)NCC(C)(C(=O)O)c2ccccc2)c(C)n1. The molecule has 1 heterocycles. The zero-order valence-electron chi connectivity index (χ0n) is 13.3. The van der Waals surface area contributed by atoms with Gasteiger partial charge in [-0.15, -0.1) is 0 Å². The molecule has 6 nitrogen and oxygen atoms in total. The Hall–Kier alpha value is -2.76. The van der Waals surface area contributed by atoms with Crippen molar-refractivity contribution < 1.29 is 14.7 Å². The number of nitrogens with zero attached hydrogens (tertiary/aromatic N) is 2. The van der Waals surface area contributed by atoms with Gasteiger partial charge in [0.15, 0.2) is 0 Å². The van der Waals surface area contributed by atoms with Crippen molar-refractivity contribution in [2.75, 3.05) is 6.54 Å². The monoisotopic (exact) mass is 313 g/mol. The molecule has 1 aromatic carbocycles. The highest BCUT2D eigenvalue weighted by Gasteiger charge is 2.35. The number of carbonyl (C=O) groups is 2. The maximum absolute atomic E-state index is 12.3. The molecule has 2 aromatic rings. The van der Waals surface area contributed by atoms with Gasteiger partial charge in [-0.25, -0.2) is 9.97 Å². The standard InChI is InChI=1S/C17H19N3O3/c1-11-14(9-18-12(2)20-11)15(21)19-10-17(3,16(22)23)13-7-5-4-6-8-13/h4-9H,10H2,1-3H3,(H,19,21)(H,22,23). The van der Waals surface area contributed by atoms with Crippen LogP contribution in [0.3, 0.4) is 0 Å². The molecule has 6 heteroatoms. The number of nitrogens with one attached hydrogen (secondary N) is 1. The van der Waals surface area contributed by atoms with Crippen molar-refractivity contribution in [3.8, 4) is 0 Å². The van der Waals surface area contributed by atoms with Crippen molar-refractivity contribution in [1.29, 1.82) is 0 Å². The van der Waals surface area contributed by atoms with Gasteiger partial charge in [-0.05, 0) is 26.3 Å². The van der Waals surface area contributed by atoms with E-state index in [1.165, 1.54) is 6.20 Å². The predicted octanol–water partition coefficient (Wildman–Crippen LogP) is 1.87. The first-order chi connectivity index (χ1) is 10.8. The second kappa shape index (κ2) is 6.56. The van der Waals surface area contributed by atoms with Crippen LogP contribution >= 0.6 is 0 Å². The van der Waals surface area contributed by atoms with Gasteiger partial charge in [0.1, 0.15) is 11.2 Å². The number of amides is 1. The van der Waals surface area contributed by atoms with E-state index in [4.69, 9.17) is 0 Å². The number of aryl methyl sites for hydroxylation is 2. The molecule has 2 rings (SSSR count). The van der Waals surface area contributed by atoms with E-state index in [0.29, 0.717) is 22.6 Å². The highest BCUT2D eigenvalue weighted by Crippen LogP contribution is 2.23. The lowest BCUT2D eigenvalue weighted by molar-refractivity contribution is -0.142. The second-order valence-electron chi connectivity index (χ2n) is 5.60. The zero-order valence-corrected chi connectivity index (χ0v) is 13.3. The lowest BCUT2D eigenvalue weighted by Gasteiger charge is -2.25. The van der Waals surface area contributed by atoms with E-state index in [1.807, 2.05) is 6.07 Å². The lowest BCUT2D eigenvalue weighted by atomic mass is 9.82. The molecule has 0 fully saturated rings. The van der Waals surface area contributed by atoms with E-state index in [0.717, 1.165) is 0 Å². The van der Waals surface area contributed by atoms with E-state index in [2.05, 4.69) is 15.3 Å². The average molecular weight is 313 g/mol. The summed E-state index contributed by atoms with van der Waals surface area (Å²) < 4.78 is 0. The first-order valence-corrected chi connectivity index (χ1v) is 7.22.